The first-order valence-electron chi connectivity index (χ1n) is 5.59. The summed E-state index contributed by atoms with van der Waals surface area (Å²) in [5.41, 5.74) is 0.856. The fourth-order valence-electron chi connectivity index (χ4n) is 1.45. The Morgan fingerprint density at radius 2 is 2.12 bits per heavy atom. The molecule has 0 amide bonds. The van der Waals surface area contributed by atoms with Crippen LogP contribution in [0.1, 0.15) is 44.8 Å². The molecule has 0 N–H and O–H groups in total. The van der Waals surface area contributed by atoms with Crippen LogP contribution in [0, 0.1) is 0 Å². The largest absolute Gasteiger partial charge is 0.458 e. The van der Waals surface area contributed by atoms with Gasteiger partial charge >= 0.3 is 5.97 Å². The van der Waals surface area contributed by atoms with Gasteiger partial charge in [-0.25, -0.2) is 0 Å². The second-order valence-electron chi connectivity index (χ2n) is 3.76. The van der Waals surface area contributed by atoms with Gasteiger partial charge in [0, 0.05) is 17.0 Å². The van der Waals surface area contributed by atoms with Gasteiger partial charge in [-0.3, -0.25) is 4.79 Å². The number of hydrogen-bond acceptors (Lipinski definition) is 2. The van der Waals surface area contributed by atoms with Crippen molar-refractivity contribution in [1.82, 2.24) is 0 Å². The third kappa shape index (κ3) is 3.86. The second kappa shape index (κ2) is 6.54. The summed E-state index contributed by atoms with van der Waals surface area (Å²) in [6.07, 6.45) is 2.06. The van der Waals surface area contributed by atoms with Crippen LogP contribution in [0.4, 0.5) is 0 Å². The molecule has 0 saturated heterocycles. The number of ether oxygens (including phenoxy) is 1. The first-order valence-corrected chi connectivity index (χ1v) is 5.96. The maximum atomic E-state index is 11.4. The summed E-state index contributed by atoms with van der Waals surface area (Å²) in [7, 11) is 0. The molecule has 0 bridgehead atoms. The van der Waals surface area contributed by atoms with Crippen molar-refractivity contribution in [2.75, 3.05) is 0 Å². The number of rotatable bonds is 5. The molecule has 3 heteroatoms. The van der Waals surface area contributed by atoms with Crippen molar-refractivity contribution in [3.05, 3.63) is 34.9 Å². The van der Waals surface area contributed by atoms with Crippen LogP contribution in [-0.4, -0.2) is 5.97 Å². The van der Waals surface area contributed by atoms with Crippen LogP contribution in [-0.2, 0) is 9.53 Å². The van der Waals surface area contributed by atoms with E-state index in [-0.39, 0.29) is 12.1 Å². The Morgan fingerprint density at radius 3 is 2.75 bits per heavy atom. The van der Waals surface area contributed by atoms with Crippen molar-refractivity contribution in [3.8, 4) is 0 Å². The van der Waals surface area contributed by atoms with Gasteiger partial charge in [0.15, 0.2) is 0 Å². The van der Waals surface area contributed by atoms with E-state index in [0.717, 1.165) is 18.4 Å². The topological polar surface area (TPSA) is 26.3 Å². The van der Waals surface area contributed by atoms with Crippen LogP contribution in [0.3, 0.4) is 0 Å². The third-order valence-electron chi connectivity index (χ3n) is 2.39. The molecule has 0 fully saturated rings. The quantitative estimate of drug-likeness (QED) is 0.724. The number of benzene rings is 1. The zero-order valence-electron chi connectivity index (χ0n) is 9.70. The molecule has 0 aromatic heterocycles. The van der Waals surface area contributed by atoms with Gasteiger partial charge in [0.25, 0.3) is 0 Å². The number of hydrogen-bond donors (Lipinski definition) is 0. The zero-order chi connectivity index (χ0) is 12.0. The van der Waals surface area contributed by atoms with E-state index in [1.165, 1.54) is 0 Å². The summed E-state index contributed by atoms with van der Waals surface area (Å²) in [5, 5.41) is 0.637. The average Bonchev–Trinajstić information content (AvgIpc) is 2.26. The number of esters is 1. The smallest absolute Gasteiger partial charge is 0.306 e. The van der Waals surface area contributed by atoms with Crippen molar-refractivity contribution in [3.63, 3.8) is 0 Å². The molecule has 16 heavy (non-hydrogen) atoms. The molecule has 1 aromatic rings. The molecule has 0 radical (unpaired) electrons. The highest BCUT2D eigenvalue weighted by Gasteiger charge is 2.13. The molecule has 0 saturated carbocycles. The van der Waals surface area contributed by atoms with E-state index >= 15 is 0 Å². The van der Waals surface area contributed by atoms with Crippen molar-refractivity contribution in [2.24, 2.45) is 0 Å². The monoisotopic (exact) mass is 240 g/mol. The maximum absolute atomic E-state index is 11.4. The van der Waals surface area contributed by atoms with Crippen LogP contribution >= 0.6 is 11.6 Å². The predicted octanol–water partition coefficient (Wildman–Crippen LogP) is 4.13. The van der Waals surface area contributed by atoms with Gasteiger partial charge in [-0.05, 0) is 19.4 Å². The minimum absolute atomic E-state index is 0.158. The van der Waals surface area contributed by atoms with Crippen LogP contribution < -0.4 is 0 Å². The lowest BCUT2D eigenvalue weighted by Crippen LogP contribution is -2.08. The molecule has 0 aliphatic heterocycles. The molecular formula is C13H17ClO2. The summed E-state index contributed by atoms with van der Waals surface area (Å²) in [4.78, 5) is 11.4. The highest BCUT2D eigenvalue weighted by Crippen LogP contribution is 2.25. The number of unbranched alkanes of at least 4 members (excludes halogenated alkanes) is 1. The van der Waals surface area contributed by atoms with E-state index in [0.29, 0.717) is 11.4 Å². The highest BCUT2D eigenvalue weighted by molar-refractivity contribution is 6.31. The second-order valence-corrected chi connectivity index (χ2v) is 4.16. The van der Waals surface area contributed by atoms with Crippen molar-refractivity contribution in [1.29, 1.82) is 0 Å². The van der Waals surface area contributed by atoms with Crippen LogP contribution in [0.2, 0.25) is 5.02 Å². The number of carbonyl (C=O) groups is 1. The molecule has 88 valence electrons. The van der Waals surface area contributed by atoms with Gasteiger partial charge in [0.2, 0.25) is 0 Å². The molecule has 0 aliphatic rings. The standard InChI is InChI=1S/C13H17ClO2/c1-3-4-9-13(15)16-10(2)11-7-5-6-8-12(11)14/h5-8,10H,3-4,9H2,1-2H3/t10-/m1/s1. The van der Waals surface area contributed by atoms with Gasteiger partial charge in [-0.1, -0.05) is 43.1 Å². The normalized spacial score (nSPS) is 12.2. The van der Waals surface area contributed by atoms with Crippen molar-refractivity contribution >= 4 is 17.6 Å². The Hall–Kier alpha value is -1.02. The SMILES string of the molecule is CCCCC(=O)O[C@H](C)c1ccccc1Cl. The van der Waals surface area contributed by atoms with E-state index in [2.05, 4.69) is 0 Å². The lowest BCUT2D eigenvalue weighted by atomic mass is 10.1. The molecule has 2 nitrogen and oxygen atoms in total. The third-order valence-corrected chi connectivity index (χ3v) is 2.73. The predicted molar refractivity (Wildman–Crippen MR) is 65.5 cm³/mol. The fourth-order valence-corrected chi connectivity index (χ4v) is 1.73. The summed E-state index contributed by atoms with van der Waals surface area (Å²) in [6.45, 7) is 3.88. The molecule has 1 rings (SSSR count). The molecule has 0 heterocycles. The summed E-state index contributed by atoms with van der Waals surface area (Å²) in [5.74, 6) is -0.158. The molecule has 0 spiro atoms. The molecule has 1 aromatic carbocycles. The van der Waals surface area contributed by atoms with E-state index < -0.39 is 0 Å². The number of halogens is 1. The van der Waals surface area contributed by atoms with E-state index in [9.17, 15) is 4.79 Å². The lowest BCUT2D eigenvalue weighted by molar-refractivity contribution is -0.148. The summed E-state index contributed by atoms with van der Waals surface area (Å²) in [6, 6.07) is 7.42. The van der Waals surface area contributed by atoms with Gasteiger partial charge in [0.05, 0.1) is 0 Å². The van der Waals surface area contributed by atoms with Crippen LogP contribution in [0.15, 0.2) is 24.3 Å². The minimum Gasteiger partial charge on any atom is -0.458 e. The molecular weight excluding hydrogens is 224 g/mol. The van der Waals surface area contributed by atoms with E-state index in [4.69, 9.17) is 16.3 Å². The first-order chi connectivity index (χ1) is 7.65. The van der Waals surface area contributed by atoms with E-state index in [1.54, 1.807) is 6.07 Å². The summed E-state index contributed by atoms with van der Waals surface area (Å²) < 4.78 is 5.30. The van der Waals surface area contributed by atoms with Gasteiger partial charge in [-0.15, -0.1) is 0 Å². The van der Waals surface area contributed by atoms with Gasteiger partial charge in [0.1, 0.15) is 6.10 Å². The van der Waals surface area contributed by atoms with Gasteiger partial charge < -0.3 is 4.74 Å². The van der Waals surface area contributed by atoms with Crippen molar-refractivity contribution < 1.29 is 9.53 Å². The Balaban J connectivity index is 2.55. The average molecular weight is 241 g/mol. The Bertz CT molecular complexity index is 350. The fraction of sp³-hybridized carbons (Fsp3) is 0.462. The Morgan fingerprint density at radius 1 is 1.44 bits per heavy atom. The maximum Gasteiger partial charge on any atom is 0.306 e. The molecule has 1 atom stereocenters. The summed E-state index contributed by atoms with van der Waals surface area (Å²) >= 11 is 6.02. The van der Waals surface area contributed by atoms with E-state index in [1.807, 2.05) is 32.0 Å². The Labute approximate surface area is 102 Å². The highest BCUT2D eigenvalue weighted by atomic mass is 35.5. The zero-order valence-corrected chi connectivity index (χ0v) is 10.5. The molecule has 0 aliphatic carbocycles. The van der Waals surface area contributed by atoms with Crippen LogP contribution in [0.5, 0.6) is 0 Å². The molecule has 0 unspecified atom stereocenters. The van der Waals surface area contributed by atoms with Gasteiger partial charge in [-0.2, -0.15) is 0 Å². The number of carbonyl (C=O) groups excluding carboxylic acids is 1. The lowest BCUT2D eigenvalue weighted by Gasteiger charge is -2.14. The Kier molecular flexibility index (Phi) is 5.33. The first kappa shape index (κ1) is 13.0. The van der Waals surface area contributed by atoms with Crippen LogP contribution in [0.25, 0.3) is 0 Å². The van der Waals surface area contributed by atoms with Crippen molar-refractivity contribution in [2.45, 2.75) is 39.2 Å². The minimum atomic E-state index is -0.280.